The van der Waals surface area contributed by atoms with E-state index < -0.39 is 17.5 Å². The molecule has 6 N–H and O–H groups in total. The van der Waals surface area contributed by atoms with E-state index in [1.807, 2.05) is 6.07 Å². The normalized spacial score (nSPS) is 9.56. The SMILES string of the molecule is CC(=O)OCCC(N)(C#N)CCOC(C)=O.NN. The summed E-state index contributed by atoms with van der Waals surface area (Å²) in [6.07, 6.45) is 0.425. The van der Waals surface area contributed by atoms with Crippen molar-refractivity contribution in [3.05, 3.63) is 0 Å². The zero-order valence-electron chi connectivity index (χ0n) is 10.6. The van der Waals surface area contributed by atoms with E-state index in [1.54, 1.807) is 0 Å². The van der Waals surface area contributed by atoms with E-state index in [0.29, 0.717) is 0 Å². The Balaban J connectivity index is 0. The Hall–Kier alpha value is -1.69. The Bertz CT molecular complexity index is 281. The molecular weight excluding hydrogens is 240 g/mol. The lowest BCUT2D eigenvalue weighted by Crippen LogP contribution is -2.40. The van der Waals surface area contributed by atoms with E-state index in [-0.39, 0.29) is 26.1 Å². The zero-order chi connectivity index (χ0) is 14.6. The Kier molecular flexibility index (Phi) is 10.9. The fraction of sp³-hybridized carbons (Fsp3) is 0.700. The van der Waals surface area contributed by atoms with Crippen molar-refractivity contribution >= 4 is 11.9 Å². The summed E-state index contributed by atoms with van der Waals surface area (Å²) in [6, 6.07) is 1.92. The summed E-state index contributed by atoms with van der Waals surface area (Å²) >= 11 is 0. The highest BCUT2D eigenvalue weighted by atomic mass is 16.5. The number of carbonyl (C=O) groups excluding carboxylic acids is 2. The molecule has 0 aliphatic rings. The van der Waals surface area contributed by atoms with E-state index in [1.165, 1.54) is 13.8 Å². The molecule has 0 aromatic heterocycles. The Morgan fingerprint density at radius 2 is 1.44 bits per heavy atom. The molecule has 8 heteroatoms. The third-order valence-electron chi connectivity index (χ3n) is 1.93. The third kappa shape index (κ3) is 10.8. The van der Waals surface area contributed by atoms with Crippen molar-refractivity contribution in [3.63, 3.8) is 0 Å². The molecule has 18 heavy (non-hydrogen) atoms. The summed E-state index contributed by atoms with van der Waals surface area (Å²) in [7, 11) is 0. The highest BCUT2D eigenvalue weighted by Crippen LogP contribution is 2.11. The molecule has 0 saturated heterocycles. The maximum Gasteiger partial charge on any atom is 0.302 e. The summed E-state index contributed by atoms with van der Waals surface area (Å²) in [5.41, 5.74) is 4.59. The molecule has 104 valence electrons. The van der Waals surface area contributed by atoms with Gasteiger partial charge in [0.15, 0.2) is 0 Å². The van der Waals surface area contributed by atoms with Crippen molar-refractivity contribution < 1.29 is 19.1 Å². The van der Waals surface area contributed by atoms with Crippen LogP contribution in [0.4, 0.5) is 0 Å². The van der Waals surface area contributed by atoms with Gasteiger partial charge in [-0.25, -0.2) is 0 Å². The lowest BCUT2D eigenvalue weighted by atomic mass is 9.95. The molecule has 0 aromatic rings. The molecule has 0 aliphatic heterocycles. The number of hydrazine groups is 1. The van der Waals surface area contributed by atoms with Crippen LogP contribution in [0.5, 0.6) is 0 Å². The molecule has 0 rings (SSSR count). The van der Waals surface area contributed by atoms with Crippen LogP contribution in [0.3, 0.4) is 0 Å². The van der Waals surface area contributed by atoms with E-state index in [4.69, 9.17) is 11.0 Å². The molecule has 0 spiro atoms. The van der Waals surface area contributed by atoms with Gasteiger partial charge in [0, 0.05) is 26.7 Å². The van der Waals surface area contributed by atoms with Gasteiger partial charge in [0.05, 0.1) is 19.3 Å². The minimum absolute atomic E-state index is 0.0828. The van der Waals surface area contributed by atoms with Gasteiger partial charge in [-0.3, -0.25) is 21.3 Å². The van der Waals surface area contributed by atoms with E-state index in [2.05, 4.69) is 21.2 Å². The largest absolute Gasteiger partial charge is 0.466 e. The maximum atomic E-state index is 10.5. The number of rotatable bonds is 6. The van der Waals surface area contributed by atoms with Gasteiger partial charge in [-0.15, -0.1) is 0 Å². The van der Waals surface area contributed by atoms with Crippen LogP contribution in [0.2, 0.25) is 0 Å². The second-order valence-electron chi connectivity index (χ2n) is 3.45. The molecule has 0 amide bonds. The second-order valence-corrected chi connectivity index (χ2v) is 3.45. The lowest BCUT2D eigenvalue weighted by molar-refractivity contribution is -0.141. The van der Waals surface area contributed by atoms with Gasteiger partial charge in [-0.2, -0.15) is 5.26 Å². The molecule has 0 fully saturated rings. The predicted molar refractivity (Wildman–Crippen MR) is 63.4 cm³/mol. The molecule has 0 atom stereocenters. The number of ether oxygens (including phenoxy) is 2. The average Bonchev–Trinajstić information content (AvgIpc) is 2.30. The summed E-state index contributed by atoms with van der Waals surface area (Å²) in [4.78, 5) is 21.0. The predicted octanol–water partition coefficient (Wildman–Crippen LogP) is -1.07. The molecule has 0 unspecified atom stereocenters. The first-order chi connectivity index (χ1) is 8.39. The van der Waals surface area contributed by atoms with Gasteiger partial charge < -0.3 is 15.2 Å². The summed E-state index contributed by atoms with van der Waals surface area (Å²) in [5.74, 6) is 7.17. The van der Waals surface area contributed by atoms with Gasteiger partial charge >= 0.3 is 11.9 Å². The van der Waals surface area contributed by atoms with Crippen LogP contribution in [0.1, 0.15) is 26.7 Å². The minimum atomic E-state index is -1.13. The summed E-state index contributed by atoms with van der Waals surface area (Å²) in [5, 5.41) is 8.86. The van der Waals surface area contributed by atoms with Crippen LogP contribution in [0, 0.1) is 11.3 Å². The molecule has 0 heterocycles. The average molecular weight is 260 g/mol. The van der Waals surface area contributed by atoms with Crippen molar-refractivity contribution in [3.8, 4) is 6.07 Å². The number of esters is 2. The first-order valence-electron chi connectivity index (χ1n) is 5.20. The molecule has 0 aromatic carbocycles. The van der Waals surface area contributed by atoms with Gasteiger partial charge in [0.25, 0.3) is 0 Å². The number of nitriles is 1. The van der Waals surface area contributed by atoms with Crippen LogP contribution in [-0.4, -0.2) is 30.7 Å². The van der Waals surface area contributed by atoms with Gasteiger partial charge in [0.2, 0.25) is 0 Å². The van der Waals surface area contributed by atoms with Crippen LogP contribution in [0.25, 0.3) is 0 Å². The van der Waals surface area contributed by atoms with Crippen LogP contribution < -0.4 is 17.4 Å². The second kappa shape index (κ2) is 10.5. The van der Waals surface area contributed by atoms with E-state index >= 15 is 0 Å². The molecule has 0 aliphatic carbocycles. The Morgan fingerprint density at radius 3 is 1.67 bits per heavy atom. The molecule has 0 bridgehead atoms. The topological polar surface area (TPSA) is 154 Å². The third-order valence-corrected chi connectivity index (χ3v) is 1.93. The van der Waals surface area contributed by atoms with Gasteiger partial charge in [0.1, 0.15) is 5.54 Å². The standard InChI is InChI=1S/C10H16N2O4.H4N2/c1-8(13)15-5-3-10(12,7-11)4-6-16-9(2)14;1-2/h3-6,12H2,1-2H3;1-2H2. The minimum Gasteiger partial charge on any atom is -0.466 e. The van der Waals surface area contributed by atoms with Crippen molar-refractivity contribution in [2.24, 2.45) is 17.4 Å². The summed E-state index contributed by atoms with van der Waals surface area (Å²) in [6.45, 7) is 2.73. The number of carbonyl (C=O) groups is 2. The Labute approximate surface area is 106 Å². The number of nitrogens with zero attached hydrogens (tertiary/aromatic N) is 1. The fourth-order valence-corrected chi connectivity index (χ4v) is 0.991. The smallest absolute Gasteiger partial charge is 0.302 e. The van der Waals surface area contributed by atoms with Crippen LogP contribution >= 0.6 is 0 Å². The monoisotopic (exact) mass is 260 g/mol. The Morgan fingerprint density at radius 1 is 1.11 bits per heavy atom. The maximum absolute atomic E-state index is 10.5. The highest BCUT2D eigenvalue weighted by molar-refractivity contribution is 5.66. The number of hydrogen-bond acceptors (Lipinski definition) is 8. The molecule has 8 nitrogen and oxygen atoms in total. The van der Waals surface area contributed by atoms with Crippen LogP contribution in [-0.2, 0) is 19.1 Å². The van der Waals surface area contributed by atoms with E-state index in [9.17, 15) is 9.59 Å². The zero-order valence-corrected chi connectivity index (χ0v) is 10.6. The van der Waals surface area contributed by atoms with Gasteiger partial charge in [-0.1, -0.05) is 0 Å². The number of nitrogens with two attached hydrogens (primary N) is 3. The molecule has 0 radical (unpaired) electrons. The van der Waals surface area contributed by atoms with Crippen molar-refractivity contribution in [1.29, 1.82) is 5.26 Å². The van der Waals surface area contributed by atoms with Crippen molar-refractivity contribution in [2.45, 2.75) is 32.2 Å². The highest BCUT2D eigenvalue weighted by Gasteiger charge is 2.25. The fourth-order valence-electron chi connectivity index (χ4n) is 0.991. The van der Waals surface area contributed by atoms with Crippen LogP contribution in [0.15, 0.2) is 0 Å². The number of hydrogen-bond donors (Lipinski definition) is 3. The quantitative estimate of drug-likeness (QED) is 0.310. The van der Waals surface area contributed by atoms with Gasteiger partial charge in [-0.05, 0) is 0 Å². The first kappa shape index (κ1) is 18.7. The first-order valence-corrected chi connectivity index (χ1v) is 5.20. The molecule has 0 saturated carbocycles. The van der Waals surface area contributed by atoms with Crippen molar-refractivity contribution in [2.75, 3.05) is 13.2 Å². The molecular formula is C10H20N4O4. The van der Waals surface area contributed by atoms with E-state index in [0.717, 1.165) is 0 Å². The lowest BCUT2D eigenvalue weighted by Gasteiger charge is -2.20. The van der Waals surface area contributed by atoms with Crippen molar-refractivity contribution in [1.82, 2.24) is 0 Å². The summed E-state index contributed by atoms with van der Waals surface area (Å²) < 4.78 is 9.38.